The maximum absolute atomic E-state index is 5.95. The summed E-state index contributed by atoms with van der Waals surface area (Å²) in [5.41, 5.74) is 2.35. The highest BCUT2D eigenvalue weighted by Gasteiger charge is 2.12. The zero-order valence-electron chi connectivity index (χ0n) is 9.69. The van der Waals surface area contributed by atoms with Crippen molar-refractivity contribution in [2.75, 3.05) is 0 Å². The molecule has 1 N–H and O–H groups in total. The molecule has 0 fully saturated rings. The Bertz CT molecular complexity index is 574. The minimum absolute atomic E-state index is 0.763. The van der Waals surface area contributed by atoms with Gasteiger partial charge in [0.25, 0.3) is 0 Å². The third kappa shape index (κ3) is 2.66. The van der Waals surface area contributed by atoms with Crippen LogP contribution in [0.3, 0.4) is 0 Å². The van der Waals surface area contributed by atoms with Crippen LogP contribution in [0.5, 0.6) is 0 Å². The molecule has 1 aliphatic heterocycles. The van der Waals surface area contributed by atoms with Gasteiger partial charge in [0, 0.05) is 34.8 Å². The lowest BCUT2D eigenvalue weighted by Gasteiger charge is -2.03. The largest absolute Gasteiger partial charge is 0.307 e. The summed E-state index contributed by atoms with van der Waals surface area (Å²) >= 11 is 7.65. The second-order valence-electron chi connectivity index (χ2n) is 4.11. The molecule has 1 aliphatic rings. The van der Waals surface area contributed by atoms with Crippen molar-refractivity contribution in [3.05, 3.63) is 52.6 Å². The van der Waals surface area contributed by atoms with Crippen LogP contribution in [-0.4, -0.2) is 9.97 Å². The SMILES string of the molecule is Clc1cccc(SCc2ncc3c(n2)CNC3)c1. The minimum Gasteiger partial charge on any atom is -0.307 e. The van der Waals surface area contributed by atoms with Crippen molar-refractivity contribution < 1.29 is 0 Å². The normalized spacial score (nSPS) is 13.6. The summed E-state index contributed by atoms with van der Waals surface area (Å²) in [6.07, 6.45) is 1.93. The number of hydrogen-bond acceptors (Lipinski definition) is 4. The average Bonchev–Trinajstić information content (AvgIpc) is 2.84. The summed E-state index contributed by atoms with van der Waals surface area (Å²) in [7, 11) is 0. The number of nitrogens with zero attached hydrogens (tertiary/aromatic N) is 2. The molecule has 1 aromatic carbocycles. The van der Waals surface area contributed by atoms with E-state index in [4.69, 9.17) is 11.6 Å². The van der Waals surface area contributed by atoms with E-state index in [0.717, 1.165) is 40.3 Å². The third-order valence-electron chi connectivity index (χ3n) is 2.78. The average molecular weight is 278 g/mol. The van der Waals surface area contributed by atoms with Gasteiger partial charge in [-0.15, -0.1) is 11.8 Å². The summed E-state index contributed by atoms with van der Waals surface area (Å²) in [5, 5.41) is 4.03. The number of nitrogens with one attached hydrogen (secondary N) is 1. The second kappa shape index (κ2) is 5.26. The maximum atomic E-state index is 5.95. The Morgan fingerprint density at radius 3 is 3.17 bits per heavy atom. The van der Waals surface area contributed by atoms with Gasteiger partial charge in [-0.05, 0) is 18.2 Å². The van der Waals surface area contributed by atoms with E-state index in [1.165, 1.54) is 5.56 Å². The smallest absolute Gasteiger partial charge is 0.138 e. The standard InChI is InChI=1S/C13H12ClN3S/c14-10-2-1-3-11(4-10)18-8-13-16-6-9-5-15-7-12(9)17-13/h1-4,6,15H,5,7-8H2. The van der Waals surface area contributed by atoms with Crippen LogP contribution in [0.25, 0.3) is 0 Å². The first kappa shape index (κ1) is 12.0. The molecule has 2 heterocycles. The van der Waals surface area contributed by atoms with Gasteiger partial charge in [0.05, 0.1) is 11.4 Å². The van der Waals surface area contributed by atoms with E-state index in [9.17, 15) is 0 Å². The molecular weight excluding hydrogens is 266 g/mol. The van der Waals surface area contributed by atoms with Crippen LogP contribution in [0.15, 0.2) is 35.4 Å². The Hall–Kier alpha value is -1.10. The van der Waals surface area contributed by atoms with Crippen molar-refractivity contribution in [3.8, 4) is 0 Å². The van der Waals surface area contributed by atoms with Crippen molar-refractivity contribution in [3.63, 3.8) is 0 Å². The number of thioether (sulfide) groups is 1. The number of aromatic nitrogens is 2. The first-order valence-electron chi connectivity index (χ1n) is 5.74. The van der Waals surface area contributed by atoms with Gasteiger partial charge in [0.1, 0.15) is 5.82 Å². The predicted octanol–water partition coefficient (Wildman–Crippen LogP) is 3.03. The van der Waals surface area contributed by atoms with Crippen molar-refractivity contribution in [2.24, 2.45) is 0 Å². The van der Waals surface area contributed by atoms with Crippen LogP contribution in [0.4, 0.5) is 0 Å². The van der Waals surface area contributed by atoms with E-state index in [-0.39, 0.29) is 0 Å². The summed E-state index contributed by atoms with van der Waals surface area (Å²) < 4.78 is 0. The van der Waals surface area contributed by atoms with Gasteiger partial charge in [-0.3, -0.25) is 0 Å². The molecule has 0 unspecified atom stereocenters. The molecule has 0 amide bonds. The van der Waals surface area contributed by atoms with Crippen molar-refractivity contribution in [1.82, 2.24) is 15.3 Å². The quantitative estimate of drug-likeness (QED) is 0.875. The first-order chi connectivity index (χ1) is 8.81. The Balaban J connectivity index is 1.70. The van der Waals surface area contributed by atoms with Gasteiger partial charge in [-0.25, -0.2) is 9.97 Å². The lowest BCUT2D eigenvalue weighted by atomic mass is 10.3. The maximum Gasteiger partial charge on any atom is 0.138 e. The lowest BCUT2D eigenvalue weighted by molar-refractivity contribution is 0.756. The number of hydrogen-bond donors (Lipinski definition) is 1. The van der Waals surface area contributed by atoms with E-state index in [0.29, 0.717) is 0 Å². The monoisotopic (exact) mass is 277 g/mol. The number of halogens is 1. The van der Waals surface area contributed by atoms with Crippen molar-refractivity contribution in [2.45, 2.75) is 23.7 Å². The molecule has 0 saturated heterocycles. The van der Waals surface area contributed by atoms with Gasteiger partial charge < -0.3 is 5.32 Å². The fourth-order valence-electron chi connectivity index (χ4n) is 1.87. The minimum atomic E-state index is 0.763. The van der Waals surface area contributed by atoms with Gasteiger partial charge in [-0.1, -0.05) is 17.7 Å². The fraction of sp³-hybridized carbons (Fsp3) is 0.231. The van der Waals surface area contributed by atoms with Crippen molar-refractivity contribution >= 4 is 23.4 Å². The van der Waals surface area contributed by atoms with Crippen LogP contribution in [0, 0.1) is 0 Å². The van der Waals surface area contributed by atoms with E-state index in [2.05, 4.69) is 15.3 Å². The third-order valence-corrected chi connectivity index (χ3v) is 4.00. The van der Waals surface area contributed by atoms with Gasteiger partial charge in [0.2, 0.25) is 0 Å². The Morgan fingerprint density at radius 1 is 1.33 bits per heavy atom. The molecule has 0 spiro atoms. The molecule has 0 radical (unpaired) electrons. The molecule has 0 atom stereocenters. The molecule has 92 valence electrons. The number of rotatable bonds is 3. The Morgan fingerprint density at radius 2 is 2.28 bits per heavy atom. The Labute approximate surface area is 115 Å². The zero-order chi connectivity index (χ0) is 12.4. The van der Waals surface area contributed by atoms with Gasteiger partial charge >= 0.3 is 0 Å². The van der Waals surface area contributed by atoms with Gasteiger partial charge in [0.15, 0.2) is 0 Å². The topological polar surface area (TPSA) is 37.8 Å². The molecule has 18 heavy (non-hydrogen) atoms. The zero-order valence-corrected chi connectivity index (χ0v) is 11.3. The van der Waals surface area contributed by atoms with Crippen LogP contribution >= 0.6 is 23.4 Å². The van der Waals surface area contributed by atoms with Crippen LogP contribution in [0.2, 0.25) is 5.02 Å². The van der Waals surface area contributed by atoms with E-state index >= 15 is 0 Å². The molecule has 0 saturated carbocycles. The summed E-state index contributed by atoms with van der Waals surface area (Å²) in [6.45, 7) is 1.74. The summed E-state index contributed by atoms with van der Waals surface area (Å²) in [5.74, 6) is 1.65. The van der Waals surface area contributed by atoms with E-state index < -0.39 is 0 Å². The van der Waals surface area contributed by atoms with Crippen LogP contribution in [-0.2, 0) is 18.8 Å². The number of fused-ring (bicyclic) bond motifs is 1. The highest BCUT2D eigenvalue weighted by Crippen LogP contribution is 2.24. The fourth-order valence-corrected chi connectivity index (χ4v) is 2.95. The molecule has 3 rings (SSSR count). The molecule has 5 heteroatoms. The molecular formula is C13H12ClN3S. The van der Waals surface area contributed by atoms with Crippen LogP contribution in [0.1, 0.15) is 17.1 Å². The molecule has 0 bridgehead atoms. The lowest BCUT2D eigenvalue weighted by Crippen LogP contribution is -2.01. The molecule has 2 aromatic rings. The molecule has 0 aliphatic carbocycles. The highest BCUT2D eigenvalue weighted by molar-refractivity contribution is 7.98. The molecule has 1 aromatic heterocycles. The van der Waals surface area contributed by atoms with Gasteiger partial charge in [-0.2, -0.15) is 0 Å². The highest BCUT2D eigenvalue weighted by atomic mass is 35.5. The van der Waals surface area contributed by atoms with Crippen molar-refractivity contribution in [1.29, 1.82) is 0 Å². The number of benzene rings is 1. The van der Waals surface area contributed by atoms with Crippen LogP contribution < -0.4 is 5.32 Å². The summed E-state index contributed by atoms with van der Waals surface area (Å²) in [6, 6.07) is 7.84. The second-order valence-corrected chi connectivity index (χ2v) is 5.59. The van der Waals surface area contributed by atoms with E-state index in [1.54, 1.807) is 11.8 Å². The molecule has 3 nitrogen and oxygen atoms in total. The Kier molecular flexibility index (Phi) is 3.50. The first-order valence-corrected chi connectivity index (χ1v) is 7.10. The predicted molar refractivity (Wildman–Crippen MR) is 73.6 cm³/mol. The van der Waals surface area contributed by atoms with E-state index in [1.807, 2.05) is 30.5 Å². The summed E-state index contributed by atoms with van der Waals surface area (Å²) in [4.78, 5) is 10.1.